The summed E-state index contributed by atoms with van der Waals surface area (Å²) in [4.78, 5) is 4.39. The molecule has 31 heavy (non-hydrogen) atoms. The monoisotopic (exact) mass is 417 g/mol. The van der Waals surface area contributed by atoms with E-state index in [2.05, 4.69) is 59.6 Å². The lowest BCUT2D eigenvalue weighted by molar-refractivity contribution is 0.591. The highest BCUT2D eigenvalue weighted by molar-refractivity contribution is 7.79. The predicted octanol–water partition coefficient (Wildman–Crippen LogP) is 6.49. The average molecular weight is 417 g/mol. The van der Waals surface area contributed by atoms with E-state index in [4.69, 9.17) is 0 Å². The Morgan fingerprint density at radius 2 is 1.39 bits per heavy atom. The second kappa shape index (κ2) is 6.77. The standard InChI is InChI=1S/C28H20NOP/c1-31(30)25-13-5-4-11-24(25)28-22(12-6-14-26(28)31)23-16-15-19-8-2-3-10-21(19)27(23)20-9-7-17-29-18-20/h2-18H,1H3. The van der Waals surface area contributed by atoms with Crippen LogP contribution in [0.5, 0.6) is 0 Å². The van der Waals surface area contributed by atoms with Gasteiger partial charge in [-0.25, -0.2) is 0 Å². The highest BCUT2D eigenvalue weighted by Gasteiger charge is 2.36. The van der Waals surface area contributed by atoms with Crippen molar-refractivity contribution in [1.29, 1.82) is 0 Å². The first-order valence-electron chi connectivity index (χ1n) is 10.4. The molecule has 0 N–H and O–H groups in total. The zero-order chi connectivity index (χ0) is 21.0. The molecular formula is C28H20NOP. The molecule has 1 aromatic heterocycles. The number of pyridine rings is 1. The summed E-state index contributed by atoms with van der Waals surface area (Å²) in [5.74, 6) is 0. The number of aromatic nitrogens is 1. The Balaban J connectivity index is 1.75. The Bertz CT molecular complexity index is 1520. The minimum atomic E-state index is -2.62. The number of rotatable bonds is 2. The van der Waals surface area contributed by atoms with Gasteiger partial charge in [-0.15, -0.1) is 0 Å². The molecule has 1 aliphatic heterocycles. The zero-order valence-electron chi connectivity index (χ0n) is 17.1. The number of nitrogens with zero attached hydrogens (tertiary/aromatic N) is 1. The minimum Gasteiger partial charge on any atom is -0.314 e. The van der Waals surface area contributed by atoms with Gasteiger partial charge in [0.2, 0.25) is 0 Å². The van der Waals surface area contributed by atoms with Gasteiger partial charge in [-0.2, -0.15) is 0 Å². The maximum absolute atomic E-state index is 13.8. The molecule has 5 aromatic rings. The number of hydrogen-bond acceptors (Lipinski definition) is 2. The van der Waals surface area contributed by atoms with Gasteiger partial charge in [-0.3, -0.25) is 4.98 Å². The molecule has 3 heteroatoms. The molecule has 6 rings (SSSR count). The van der Waals surface area contributed by atoms with Crippen molar-refractivity contribution in [3.8, 4) is 33.4 Å². The fourth-order valence-electron chi connectivity index (χ4n) is 4.91. The third kappa shape index (κ3) is 2.65. The third-order valence-corrected chi connectivity index (χ3v) is 8.91. The molecule has 4 aromatic carbocycles. The van der Waals surface area contributed by atoms with Crippen LogP contribution in [-0.4, -0.2) is 11.6 Å². The van der Waals surface area contributed by atoms with Gasteiger partial charge in [-0.05, 0) is 45.8 Å². The van der Waals surface area contributed by atoms with Gasteiger partial charge in [0.25, 0.3) is 0 Å². The topological polar surface area (TPSA) is 30.0 Å². The lowest BCUT2D eigenvalue weighted by Crippen LogP contribution is -2.08. The van der Waals surface area contributed by atoms with Gasteiger partial charge in [0.1, 0.15) is 7.14 Å². The number of benzene rings is 4. The van der Waals surface area contributed by atoms with E-state index >= 15 is 0 Å². The summed E-state index contributed by atoms with van der Waals surface area (Å²) in [6.45, 7) is 1.89. The van der Waals surface area contributed by atoms with Gasteiger partial charge < -0.3 is 4.57 Å². The fraction of sp³-hybridized carbons (Fsp3) is 0.0357. The van der Waals surface area contributed by atoms with Crippen LogP contribution >= 0.6 is 7.14 Å². The van der Waals surface area contributed by atoms with Crippen LogP contribution in [0, 0.1) is 0 Å². The molecule has 1 atom stereocenters. The van der Waals surface area contributed by atoms with Crippen LogP contribution in [-0.2, 0) is 4.57 Å². The molecule has 1 unspecified atom stereocenters. The van der Waals surface area contributed by atoms with Crippen molar-refractivity contribution >= 4 is 28.5 Å². The Kier molecular flexibility index (Phi) is 4.00. The summed E-state index contributed by atoms with van der Waals surface area (Å²) in [5, 5.41) is 4.30. The Hall–Kier alpha value is -3.48. The number of hydrogen-bond donors (Lipinski definition) is 0. The van der Waals surface area contributed by atoms with Crippen LogP contribution in [0.1, 0.15) is 0 Å². The van der Waals surface area contributed by atoms with E-state index in [0.717, 1.165) is 44.0 Å². The van der Waals surface area contributed by atoms with Crippen molar-refractivity contribution in [2.45, 2.75) is 0 Å². The number of fused-ring (bicyclic) bond motifs is 4. The molecule has 0 spiro atoms. The van der Waals surface area contributed by atoms with Crippen molar-refractivity contribution in [3.05, 3.63) is 103 Å². The van der Waals surface area contributed by atoms with Gasteiger partial charge >= 0.3 is 0 Å². The van der Waals surface area contributed by atoms with E-state index in [-0.39, 0.29) is 0 Å². The van der Waals surface area contributed by atoms with Crippen LogP contribution in [0.4, 0.5) is 0 Å². The molecular weight excluding hydrogens is 397 g/mol. The molecule has 2 heterocycles. The van der Waals surface area contributed by atoms with Crippen molar-refractivity contribution in [1.82, 2.24) is 4.98 Å². The minimum absolute atomic E-state index is 0.955. The largest absolute Gasteiger partial charge is 0.314 e. The van der Waals surface area contributed by atoms with E-state index in [0.29, 0.717) is 0 Å². The van der Waals surface area contributed by atoms with Crippen molar-refractivity contribution < 1.29 is 4.57 Å². The van der Waals surface area contributed by atoms with Crippen LogP contribution < -0.4 is 10.6 Å². The van der Waals surface area contributed by atoms with Gasteiger partial charge in [0.05, 0.1) is 0 Å². The van der Waals surface area contributed by atoms with Crippen LogP contribution in [0.2, 0.25) is 0 Å². The highest BCUT2D eigenvalue weighted by atomic mass is 31.2. The smallest absolute Gasteiger partial charge is 0.141 e. The summed E-state index contributed by atoms with van der Waals surface area (Å²) in [6, 6.07) is 31.3. The fourth-order valence-corrected chi connectivity index (χ4v) is 7.22. The second-order valence-corrected chi connectivity index (χ2v) is 10.9. The van der Waals surface area contributed by atoms with E-state index in [1.54, 1.807) is 6.20 Å². The quantitative estimate of drug-likeness (QED) is 0.307. The first-order chi connectivity index (χ1) is 15.2. The van der Waals surface area contributed by atoms with Crippen LogP contribution in [0.3, 0.4) is 0 Å². The molecule has 1 aliphatic rings. The summed E-state index contributed by atoms with van der Waals surface area (Å²) >= 11 is 0. The molecule has 0 saturated carbocycles. The first kappa shape index (κ1) is 18.3. The maximum Gasteiger partial charge on any atom is 0.141 e. The lowest BCUT2D eigenvalue weighted by Gasteiger charge is -2.17. The molecule has 148 valence electrons. The molecule has 0 amide bonds. The zero-order valence-corrected chi connectivity index (χ0v) is 18.0. The highest BCUT2D eigenvalue weighted by Crippen LogP contribution is 2.53. The van der Waals surface area contributed by atoms with Gasteiger partial charge in [-0.1, -0.05) is 84.9 Å². The molecule has 0 bridgehead atoms. The molecule has 0 saturated heterocycles. The second-order valence-electron chi connectivity index (χ2n) is 8.09. The van der Waals surface area contributed by atoms with E-state index in [1.165, 1.54) is 10.8 Å². The maximum atomic E-state index is 13.8. The average Bonchev–Trinajstić information content (AvgIpc) is 3.06. The SMILES string of the molecule is CP1(=O)c2ccccc2-c2c(-c3ccc4ccccc4c3-c3cccnc3)cccc21. The van der Waals surface area contributed by atoms with E-state index in [1.807, 2.05) is 49.3 Å². The predicted molar refractivity (Wildman–Crippen MR) is 131 cm³/mol. The van der Waals surface area contributed by atoms with Crippen molar-refractivity contribution in [3.63, 3.8) is 0 Å². The normalized spacial score (nSPS) is 16.8. The van der Waals surface area contributed by atoms with Crippen LogP contribution in [0.25, 0.3) is 44.2 Å². The summed E-state index contributed by atoms with van der Waals surface area (Å²) in [7, 11) is -2.62. The van der Waals surface area contributed by atoms with Crippen molar-refractivity contribution in [2.75, 3.05) is 6.66 Å². The van der Waals surface area contributed by atoms with Crippen molar-refractivity contribution in [2.24, 2.45) is 0 Å². The Morgan fingerprint density at radius 3 is 2.26 bits per heavy atom. The summed E-state index contributed by atoms with van der Waals surface area (Å²) < 4.78 is 13.8. The molecule has 0 fully saturated rings. The molecule has 2 nitrogen and oxygen atoms in total. The van der Waals surface area contributed by atoms with Gasteiger partial charge in [0, 0.05) is 34.1 Å². The third-order valence-electron chi connectivity index (χ3n) is 6.30. The molecule has 0 aliphatic carbocycles. The Morgan fingerprint density at radius 1 is 0.645 bits per heavy atom. The van der Waals surface area contributed by atoms with E-state index in [9.17, 15) is 4.57 Å². The summed E-state index contributed by atoms with van der Waals surface area (Å²) in [6.07, 6.45) is 3.73. The lowest BCUT2D eigenvalue weighted by atomic mass is 9.87. The van der Waals surface area contributed by atoms with Crippen LogP contribution in [0.15, 0.2) is 103 Å². The van der Waals surface area contributed by atoms with E-state index < -0.39 is 7.14 Å². The molecule has 0 radical (unpaired) electrons. The Labute approximate surface area is 181 Å². The van der Waals surface area contributed by atoms with Gasteiger partial charge in [0.15, 0.2) is 0 Å². The first-order valence-corrected chi connectivity index (χ1v) is 12.6. The summed E-state index contributed by atoms with van der Waals surface area (Å²) in [5.41, 5.74) is 6.69.